The van der Waals surface area contributed by atoms with Crippen molar-refractivity contribution in [2.24, 2.45) is 0 Å². The van der Waals surface area contributed by atoms with E-state index in [1.807, 2.05) is 6.07 Å². The third kappa shape index (κ3) is 1.90. The molecule has 6 heteroatoms. The highest BCUT2D eigenvalue weighted by Crippen LogP contribution is 2.22. The molecule has 84 valence electrons. The van der Waals surface area contributed by atoms with E-state index in [2.05, 4.69) is 4.98 Å². The van der Waals surface area contributed by atoms with Crippen molar-refractivity contribution in [3.63, 3.8) is 0 Å². The molecule has 1 saturated heterocycles. The lowest BCUT2D eigenvalue weighted by atomic mass is 10.2. The Morgan fingerprint density at radius 2 is 2.44 bits per heavy atom. The van der Waals surface area contributed by atoms with Crippen LogP contribution in [0.3, 0.4) is 0 Å². The summed E-state index contributed by atoms with van der Waals surface area (Å²) in [5.74, 6) is -0.232. The van der Waals surface area contributed by atoms with E-state index < -0.39 is 6.10 Å². The summed E-state index contributed by atoms with van der Waals surface area (Å²) < 4.78 is 1.78. The minimum absolute atomic E-state index is 0.136. The number of aliphatic hydroxyl groups is 1. The second-order valence-corrected chi connectivity index (χ2v) is 3.78. The van der Waals surface area contributed by atoms with Crippen molar-refractivity contribution in [1.29, 1.82) is 5.26 Å². The number of β-amino-alcohol motifs (C(OH)–C–C–N with tert-alkyl or cyclic N) is 1. The number of hydrogen-bond acceptors (Lipinski definition) is 4. The summed E-state index contributed by atoms with van der Waals surface area (Å²) in [6, 6.07) is 1.65. The zero-order chi connectivity index (χ0) is 11.5. The fourth-order valence-corrected chi connectivity index (χ4v) is 1.91. The van der Waals surface area contributed by atoms with E-state index in [4.69, 9.17) is 5.26 Å². The first kappa shape index (κ1) is 10.6. The number of nitriles is 1. The molecule has 0 spiro atoms. The molecule has 0 aliphatic carbocycles. The lowest BCUT2D eigenvalue weighted by Gasteiger charge is -2.15. The van der Waals surface area contributed by atoms with Gasteiger partial charge in [-0.25, -0.2) is 4.98 Å². The van der Waals surface area contributed by atoms with Gasteiger partial charge in [0.05, 0.1) is 24.5 Å². The summed E-state index contributed by atoms with van der Waals surface area (Å²) in [5, 5.41) is 18.3. The minimum Gasteiger partial charge on any atom is -0.389 e. The molecule has 0 bridgehead atoms. The number of aromatic nitrogens is 2. The number of carbonyl (C=O) groups is 1. The maximum Gasteiger partial charge on any atom is 0.236 e. The van der Waals surface area contributed by atoms with Gasteiger partial charge >= 0.3 is 0 Å². The summed E-state index contributed by atoms with van der Waals surface area (Å²) in [5.41, 5.74) is 0. The standard InChI is InChI=1S/C10H12N4O2/c11-2-1-10(16)14-5-8(9(15)6-14)13-4-3-12-7-13/h3-4,7-9,15H,1,5-6H2/t8-,9+/m1/s1. The summed E-state index contributed by atoms with van der Waals surface area (Å²) >= 11 is 0. The molecule has 0 unspecified atom stereocenters. The lowest BCUT2D eigenvalue weighted by molar-refractivity contribution is -0.129. The molecule has 0 radical (unpaired) electrons. The van der Waals surface area contributed by atoms with E-state index in [9.17, 15) is 9.90 Å². The molecule has 1 aromatic heterocycles. The number of hydrogen-bond donors (Lipinski definition) is 1. The van der Waals surface area contributed by atoms with Crippen molar-refractivity contribution in [3.05, 3.63) is 18.7 Å². The summed E-state index contributed by atoms with van der Waals surface area (Å²) in [6.45, 7) is 0.710. The Balaban J connectivity index is 2.05. The van der Waals surface area contributed by atoms with Gasteiger partial charge in [-0.15, -0.1) is 0 Å². The van der Waals surface area contributed by atoms with E-state index in [0.29, 0.717) is 6.54 Å². The Bertz CT molecular complexity index is 409. The van der Waals surface area contributed by atoms with E-state index in [1.165, 1.54) is 4.90 Å². The molecule has 0 aromatic carbocycles. The van der Waals surface area contributed by atoms with Gasteiger partial charge in [0.15, 0.2) is 0 Å². The quantitative estimate of drug-likeness (QED) is 0.731. The van der Waals surface area contributed by atoms with Gasteiger partial charge in [0.2, 0.25) is 5.91 Å². The Kier molecular flexibility index (Phi) is 2.88. The smallest absolute Gasteiger partial charge is 0.236 e. The molecule has 1 aliphatic rings. The van der Waals surface area contributed by atoms with Gasteiger partial charge in [0, 0.05) is 25.5 Å². The van der Waals surface area contributed by atoms with Crippen LogP contribution in [0.15, 0.2) is 18.7 Å². The highest BCUT2D eigenvalue weighted by Gasteiger charge is 2.34. The number of rotatable bonds is 2. The van der Waals surface area contributed by atoms with Crippen molar-refractivity contribution >= 4 is 5.91 Å². The van der Waals surface area contributed by atoms with Crippen LogP contribution in [-0.4, -0.2) is 44.7 Å². The van der Waals surface area contributed by atoms with Gasteiger partial charge < -0.3 is 14.6 Å². The second kappa shape index (κ2) is 4.33. The van der Waals surface area contributed by atoms with Gasteiger partial charge in [-0.05, 0) is 0 Å². The van der Waals surface area contributed by atoms with Crippen LogP contribution in [0.25, 0.3) is 0 Å². The number of imidazole rings is 1. The van der Waals surface area contributed by atoms with Crippen LogP contribution in [0.4, 0.5) is 0 Å². The zero-order valence-electron chi connectivity index (χ0n) is 8.65. The first-order valence-electron chi connectivity index (χ1n) is 5.02. The van der Waals surface area contributed by atoms with E-state index in [1.54, 1.807) is 23.3 Å². The van der Waals surface area contributed by atoms with Gasteiger partial charge in [-0.1, -0.05) is 0 Å². The van der Waals surface area contributed by atoms with Crippen LogP contribution < -0.4 is 0 Å². The van der Waals surface area contributed by atoms with E-state index in [0.717, 1.165) is 0 Å². The van der Waals surface area contributed by atoms with Crippen molar-refractivity contribution in [2.45, 2.75) is 18.6 Å². The van der Waals surface area contributed by atoms with Crippen molar-refractivity contribution in [1.82, 2.24) is 14.5 Å². The first-order chi connectivity index (χ1) is 7.72. The summed E-state index contributed by atoms with van der Waals surface area (Å²) in [6.07, 6.45) is 4.27. The highest BCUT2D eigenvalue weighted by molar-refractivity contribution is 5.78. The van der Waals surface area contributed by atoms with Crippen molar-refractivity contribution < 1.29 is 9.90 Å². The maximum atomic E-state index is 11.5. The minimum atomic E-state index is -0.600. The molecule has 2 heterocycles. The SMILES string of the molecule is N#CCC(=O)N1C[C@@H](n2ccnc2)[C@@H](O)C1. The molecule has 6 nitrogen and oxygen atoms in total. The van der Waals surface area contributed by atoms with E-state index in [-0.39, 0.29) is 24.9 Å². The molecule has 1 N–H and O–H groups in total. The molecule has 1 aliphatic heterocycles. The third-order valence-electron chi connectivity index (χ3n) is 2.75. The number of amides is 1. The van der Waals surface area contributed by atoms with Crippen LogP contribution in [0.2, 0.25) is 0 Å². The molecule has 1 fully saturated rings. The van der Waals surface area contributed by atoms with Gasteiger partial charge in [-0.3, -0.25) is 4.79 Å². The zero-order valence-corrected chi connectivity index (χ0v) is 8.65. The van der Waals surface area contributed by atoms with Gasteiger partial charge in [-0.2, -0.15) is 5.26 Å². The van der Waals surface area contributed by atoms with Crippen LogP contribution in [0.5, 0.6) is 0 Å². The fourth-order valence-electron chi connectivity index (χ4n) is 1.91. The predicted octanol–water partition coefficient (Wildman–Crippen LogP) is -0.459. The normalized spacial score (nSPS) is 24.4. The summed E-state index contributed by atoms with van der Waals surface area (Å²) in [7, 11) is 0. The highest BCUT2D eigenvalue weighted by atomic mass is 16.3. The molecule has 2 rings (SSSR count). The Labute approximate surface area is 92.7 Å². The fraction of sp³-hybridized carbons (Fsp3) is 0.500. The number of carbonyl (C=O) groups excluding carboxylic acids is 1. The molecule has 1 aromatic rings. The van der Waals surface area contributed by atoms with Gasteiger partial charge in [0.1, 0.15) is 6.42 Å². The van der Waals surface area contributed by atoms with Crippen molar-refractivity contribution in [2.75, 3.05) is 13.1 Å². The monoisotopic (exact) mass is 220 g/mol. The largest absolute Gasteiger partial charge is 0.389 e. The topological polar surface area (TPSA) is 82.2 Å². The number of aliphatic hydroxyl groups excluding tert-OH is 1. The Hall–Kier alpha value is -1.87. The van der Waals surface area contributed by atoms with Crippen molar-refractivity contribution in [3.8, 4) is 6.07 Å². The molecular weight excluding hydrogens is 208 g/mol. The number of nitrogens with zero attached hydrogens (tertiary/aromatic N) is 4. The molecule has 1 amide bonds. The molecule has 2 atom stereocenters. The van der Waals surface area contributed by atoms with Crippen LogP contribution >= 0.6 is 0 Å². The predicted molar refractivity (Wildman–Crippen MR) is 54.1 cm³/mol. The molecular formula is C10H12N4O2. The van der Waals surface area contributed by atoms with Gasteiger partial charge in [0.25, 0.3) is 0 Å². The molecule has 0 saturated carbocycles. The van der Waals surface area contributed by atoms with Crippen LogP contribution in [0, 0.1) is 11.3 Å². The Morgan fingerprint density at radius 1 is 1.62 bits per heavy atom. The maximum absolute atomic E-state index is 11.5. The average Bonchev–Trinajstić information content (AvgIpc) is 2.86. The average molecular weight is 220 g/mol. The van der Waals surface area contributed by atoms with E-state index >= 15 is 0 Å². The van der Waals surface area contributed by atoms with Crippen LogP contribution in [0.1, 0.15) is 12.5 Å². The number of likely N-dealkylation sites (tertiary alicyclic amines) is 1. The third-order valence-corrected chi connectivity index (χ3v) is 2.75. The Morgan fingerprint density at radius 3 is 3.06 bits per heavy atom. The molecule has 16 heavy (non-hydrogen) atoms. The first-order valence-corrected chi connectivity index (χ1v) is 5.02. The lowest BCUT2D eigenvalue weighted by Crippen LogP contribution is -2.29. The second-order valence-electron chi connectivity index (χ2n) is 3.78. The van der Waals surface area contributed by atoms with Crippen LogP contribution in [-0.2, 0) is 4.79 Å². The summed E-state index contributed by atoms with van der Waals surface area (Å²) in [4.78, 5) is 16.9.